The smallest absolute Gasteiger partial charge is 0.211 e. The van der Waals surface area contributed by atoms with Crippen molar-refractivity contribution in [1.29, 1.82) is 0 Å². The standard InChI is InChI=1S/C11H15N3O3S/c1-18(16,17)14-5-4-8-6-9(11(12)13-15)2-3-10(8)7-14/h2-3,6,15H,4-5,7H2,1H3,(H2,12,13). The monoisotopic (exact) mass is 269 g/mol. The summed E-state index contributed by atoms with van der Waals surface area (Å²) in [5.41, 5.74) is 8.16. The van der Waals surface area contributed by atoms with Crippen molar-refractivity contribution < 1.29 is 13.6 Å². The molecule has 0 atom stereocenters. The van der Waals surface area contributed by atoms with Crippen LogP contribution in [-0.2, 0) is 23.0 Å². The van der Waals surface area contributed by atoms with Crippen molar-refractivity contribution in [2.75, 3.05) is 12.8 Å². The zero-order chi connectivity index (χ0) is 13.3. The number of benzene rings is 1. The lowest BCUT2D eigenvalue weighted by molar-refractivity contribution is 0.318. The van der Waals surface area contributed by atoms with E-state index in [1.165, 1.54) is 10.6 Å². The highest BCUT2D eigenvalue weighted by Gasteiger charge is 2.23. The normalized spacial score (nSPS) is 17.5. The van der Waals surface area contributed by atoms with Gasteiger partial charge in [0.1, 0.15) is 0 Å². The molecule has 3 N–H and O–H groups in total. The van der Waals surface area contributed by atoms with E-state index in [0.717, 1.165) is 11.1 Å². The largest absolute Gasteiger partial charge is 0.409 e. The van der Waals surface area contributed by atoms with Crippen molar-refractivity contribution in [3.05, 3.63) is 34.9 Å². The summed E-state index contributed by atoms with van der Waals surface area (Å²) < 4.78 is 24.4. The molecule has 0 fully saturated rings. The molecule has 1 aliphatic heterocycles. The number of nitrogens with zero attached hydrogens (tertiary/aromatic N) is 2. The molecular weight excluding hydrogens is 254 g/mol. The number of hydrogen-bond donors (Lipinski definition) is 2. The van der Waals surface area contributed by atoms with Crippen LogP contribution in [0.2, 0.25) is 0 Å². The van der Waals surface area contributed by atoms with Gasteiger partial charge in [0.15, 0.2) is 5.84 Å². The second-order valence-corrected chi connectivity index (χ2v) is 6.30. The lowest BCUT2D eigenvalue weighted by Crippen LogP contribution is -2.35. The maximum absolute atomic E-state index is 11.5. The Morgan fingerprint density at radius 1 is 1.44 bits per heavy atom. The Morgan fingerprint density at radius 2 is 2.17 bits per heavy atom. The third kappa shape index (κ3) is 2.46. The van der Waals surface area contributed by atoms with Crippen LogP contribution >= 0.6 is 0 Å². The molecular formula is C11H15N3O3S. The van der Waals surface area contributed by atoms with Crippen molar-refractivity contribution in [2.45, 2.75) is 13.0 Å². The molecule has 6 nitrogen and oxygen atoms in total. The first-order chi connectivity index (χ1) is 8.41. The number of nitrogens with two attached hydrogens (primary N) is 1. The van der Waals surface area contributed by atoms with Crippen molar-refractivity contribution in [1.82, 2.24) is 4.31 Å². The van der Waals surface area contributed by atoms with Gasteiger partial charge in [0.05, 0.1) is 6.26 Å². The fraction of sp³-hybridized carbons (Fsp3) is 0.364. The number of oxime groups is 1. The summed E-state index contributed by atoms with van der Waals surface area (Å²) in [5.74, 6) is 0.0587. The van der Waals surface area contributed by atoms with Crippen LogP contribution in [0.5, 0.6) is 0 Å². The highest BCUT2D eigenvalue weighted by Crippen LogP contribution is 2.21. The van der Waals surface area contributed by atoms with Gasteiger partial charge in [-0.2, -0.15) is 4.31 Å². The van der Waals surface area contributed by atoms with E-state index in [0.29, 0.717) is 25.1 Å². The third-order valence-corrected chi connectivity index (χ3v) is 4.31. The molecule has 0 unspecified atom stereocenters. The summed E-state index contributed by atoms with van der Waals surface area (Å²) in [6.45, 7) is 0.843. The minimum Gasteiger partial charge on any atom is -0.409 e. The zero-order valence-electron chi connectivity index (χ0n) is 10.00. The van der Waals surface area contributed by atoms with E-state index in [2.05, 4.69) is 5.16 Å². The van der Waals surface area contributed by atoms with Gasteiger partial charge < -0.3 is 10.9 Å². The Kier molecular flexibility index (Phi) is 3.27. The molecule has 18 heavy (non-hydrogen) atoms. The molecule has 1 aromatic rings. The highest BCUT2D eigenvalue weighted by molar-refractivity contribution is 7.88. The van der Waals surface area contributed by atoms with Crippen molar-refractivity contribution in [2.24, 2.45) is 10.9 Å². The Hall–Kier alpha value is -1.60. The Morgan fingerprint density at radius 3 is 2.78 bits per heavy atom. The van der Waals surface area contributed by atoms with Gasteiger partial charge in [0, 0.05) is 18.7 Å². The minimum absolute atomic E-state index is 0.0587. The lowest BCUT2D eigenvalue weighted by atomic mass is 9.98. The fourth-order valence-electron chi connectivity index (χ4n) is 2.03. The van der Waals surface area contributed by atoms with Crippen LogP contribution in [0, 0.1) is 0 Å². The van der Waals surface area contributed by atoms with Gasteiger partial charge in [-0.1, -0.05) is 17.3 Å². The Balaban J connectivity index is 2.32. The van der Waals surface area contributed by atoms with Crippen LogP contribution in [0.25, 0.3) is 0 Å². The molecule has 0 aromatic heterocycles. The van der Waals surface area contributed by atoms with Crippen LogP contribution < -0.4 is 5.73 Å². The quantitative estimate of drug-likeness (QED) is 0.344. The van der Waals surface area contributed by atoms with Crippen molar-refractivity contribution in [3.63, 3.8) is 0 Å². The molecule has 1 heterocycles. The Labute approximate surface area is 106 Å². The highest BCUT2D eigenvalue weighted by atomic mass is 32.2. The van der Waals surface area contributed by atoms with Crippen molar-refractivity contribution >= 4 is 15.9 Å². The van der Waals surface area contributed by atoms with E-state index < -0.39 is 10.0 Å². The van der Waals surface area contributed by atoms with E-state index in [1.807, 2.05) is 12.1 Å². The fourth-order valence-corrected chi connectivity index (χ4v) is 2.82. The summed E-state index contributed by atoms with van der Waals surface area (Å²) in [5, 5.41) is 11.6. The molecule has 1 aromatic carbocycles. The minimum atomic E-state index is -3.15. The van der Waals surface area contributed by atoms with Gasteiger partial charge in [-0.05, 0) is 23.6 Å². The predicted molar refractivity (Wildman–Crippen MR) is 67.9 cm³/mol. The average molecular weight is 269 g/mol. The number of amidine groups is 1. The Bertz CT molecular complexity index is 596. The molecule has 2 rings (SSSR count). The molecule has 0 radical (unpaired) electrons. The SMILES string of the molecule is CS(=O)(=O)N1CCc2cc(/C(N)=N/O)ccc2C1. The maximum atomic E-state index is 11.5. The summed E-state index contributed by atoms with van der Waals surface area (Å²) in [6.07, 6.45) is 1.84. The van der Waals surface area contributed by atoms with Crippen LogP contribution in [0.1, 0.15) is 16.7 Å². The topological polar surface area (TPSA) is 96.0 Å². The molecule has 0 bridgehead atoms. The first kappa shape index (κ1) is 12.8. The lowest BCUT2D eigenvalue weighted by Gasteiger charge is -2.27. The zero-order valence-corrected chi connectivity index (χ0v) is 10.8. The van der Waals surface area contributed by atoms with Gasteiger partial charge in [0.2, 0.25) is 10.0 Å². The predicted octanol–water partition coefficient (Wildman–Crippen LogP) is 0.0988. The van der Waals surface area contributed by atoms with Gasteiger partial charge in [0.25, 0.3) is 0 Å². The third-order valence-electron chi connectivity index (χ3n) is 3.06. The van der Waals surface area contributed by atoms with Gasteiger partial charge in [-0.25, -0.2) is 8.42 Å². The number of sulfonamides is 1. The second-order valence-electron chi connectivity index (χ2n) is 4.32. The van der Waals surface area contributed by atoms with Crippen LogP contribution in [0.4, 0.5) is 0 Å². The summed E-state index contributed by atoms with van der Waals surface area (Å²) in [6, 6.07) is 5.38. The van der Waals surface area contributed by atoms with Gasteiger partial charge in [-0.3, -0.25) is 0 Å². The van der Waals surface area contributed by atoms with Crippen LogP contribution in [-0.4, -0.2) is 36.6 Å². The van der Waals surface area contributed by atoms with E-state index in [1.54, 1.807) is 6.07 Å². The first-order valence-electron chi connectivity index (χ1n) is 5.46. The van der Waals surface area contributed by atoms with Crippen LogP contribution in [0.15, 0.2) is 23.4 Å². The summed E-state index contributed by atoms with van der Waals surface area (Å²) in [7, 11) is -3.15. The van der Waals surface area contributed by atoms with E-state index >= 15 is 0 Å². The molecule has 0 saturated carbocycles. The number of fused-ring (bicyclic) bond motifs is 1. The van der Waals surface area contributed by atoms with E-state index in [-0.39, 0.29) is 5.84 Å². The molecule has 98 valence electrons. The molecule has 7 heteroatoms. The number of rotatable bonds is 2. The summed E-state index contributed by atoms with van der Waals surface area (Å²) >= 11 is 0. The van der Waals surface area contributed by atoms with Gasteiger partial charge >= 0.3 is 0 Å². The molecule has 0 aliphatic carbocycles. The molecule has 0 spiro atoms. The summed E-state index contributed by atoms with van der Waals surface area (Å²) in [4.78, 5) is 0. The second kappa shape index (κ2) is 4.58. The molecule has 0 saturated heterocycles. The molecule has 0 amide bonds. The first-order valence-corrected chi connectivity index (χ1v) is 7.31. The molecule has 1 aliphatic rings. The average Bonchev–Trinajstić information content (AvgIpc) is 2.35. The van der Waals surface area contributed by atoms with E-state index in [4.69, 9.17) is 10.9 Å². The van der Waals surface area contributed by atoms with Crippen LogP contribution in [0.3, 0.4) is 0 Å². The van der Waals surface area contributed by atoms with Crippen molar-refractivity contribution in [3.8, 4) is 0 Å². The van der Waals surface area contributed by atoms with E-state index in [9.17, 15) is 8.42 Å². The van der Waals surface area contributed by atoms with Gasteiger partial charge in [-0.15, -0.1) is 0 Å². The maximum Gasteiger partial charge on any atom is 0.211 e. The number of hydrogen-bond acceptors (Lipinski definition) is 4.